The van der Waals surface area contributed by atoms with Crippen LogP contribution in [0.4, 0.5) is 0 Å². The average molecular weight is 268 g/mol. The Morgan fingerprint density at radius 1 is 1.39 bits per heavy atom. The fraction of sp³-hybridized carbons (Fsp3) is 0. The summed E-state index contributed by atoms with van der Waals surface area (Å²) in [7, 11) is 0. The minimum absolute atomic E-state index is 0.0644. The van der Waals surface area contributed by atoms with E-state index in [4.69, 9.17) is 22.4 Å². The van der Waals surface area contributed by atoms with E-state index in [-0.39, 0.29) is 5.84 Å². The fourth-order valence-corrected chi connectivity index (χ4v) is 1.20. The topological polar surface area (TPSA) is 105 Å². The summed E-state index contributed by atoms with van der Waals surface area (Å²) in [4.78, 5) is 21.3. The molecule has 0 heterocycles. The van der Waals surface area contributed by atoms with E-state index in [1.807, 2.05) is 0 Å². The number of rotatable bonds is 4. The molecule has 0 spiro atoms. The lowest BCUT2D eigenvalue weighted by molar-refractivity contribution is -0.131. The van der Waals surface area contributed by atoms with Crippen molar-refractivity contribution in [2.24, 2.45) is 10.8 Å². The first-order valence-electron chi connectivity index (χ1n) is 4.79. The van der Waals surface area contributed by atoms with Crippen LogP contribution in [0.2, 0.25) is 5.02 Å². The first-order chi connectivity index (χ1) is 8.49. The van der Waals surface area contributed by atoms with Crippen molar-refractivity contribution in [1.82, 2.24) is 5.43 Å². The first-order valence-corrected chi connectivity index (χ1v) is 5.17. The summed E-state index contributed by atoms with van der Waals surface area (Å²) in [6, 6.07) is 6.61. The second-order valence-corrected chi connectivity index (χ2v) is 3.59. The first kappa shape index (κ1) is 13.7. The van der Waals surface area contributed by atoms with E-state index in [0.717, 1.165) is 6.08 Å². The number of amides is 1. The van der Waals surface area contributed by atoms with E-state index in [0.29, 0.717) is 16.7 Å². The maximum Gasteiger partial charge on any atom is 0.328 e. The third-order valence-electron chi connectivity index (χ3n) is 1.78. The monoisotopic (exact) mass is 267 g/mol. The molecular formula is C11H10ClN3O3. The molecule has 6 nitrogen and oxygen atoms in total. The van der Waals surface area contributed by atoms with Crippen molar-refractivity contribution >= 4 is 29.3 Å². The summed E-state index contributed by atoms with van der Waals surface area (Å²) in [5.41, 5.74) is 8.24. The number of carboxylic acids is 1. The Hall–Kier alpha value is -2.34. The van der Waals surface area contributed by atoms with Gasteiger partial charge in [-0.05, 0) is 12.1 Å². The van der Waals surface area contributed by atoms with Gasteiger partial charge in [-0.15, -0.1) is 0 Å². The molecule has 0 radical (unpaired) electrons. The van der Waals surface area contributed by atoms with E-state index in [1.165, 1.54) is 0 Å². The number of nitrogens with one attached hydrogen (secondary N) is 1. The van der Waals surface area contributed by atoms with Crippen LogP contribution in [0.15, 0.2) is 41.5 Å². The number of aliphatic carboxylic acids is 1. The predicted octanol–water partition coefficient (Wildman–Crippen LogP) is 0.717. The zero-order chi connectivity index (χ0) is 13.5. The van der Waals surface area contributed by atoms with Gasteiger partial charge in [0, 0.05) is 22.7 Å². The molecule has 18 heavy (non-hydrogen) atoms. The van der Waals surface area contributed by atoms with Gasteiger partial charge in [0.05, 0.1) is 0 Å². The number of benzene rings is 1. The van der Waals surface area contributed by atoms with Gasteiger partial charge in [-0.2, -0.15) is 5.10 Å². The summed E-state index contributed by atoms with van der Waals surface area (Å²) < 4.78 is 0. The van der Waals surface area contributed by atoms with E-state index >= 15 is 0 Å². The zero-order valence-electron chi connectivity index (χ0n) is 9.13. The number of carboxylic acid groups (broad SMARTS) is 1. The number of halogens is 1. The van der Waals surface area contributed by atoms with Gasteiger partial charge >= 0.3 is 5.97 Å². The highest BCUT2D eigenvalue weighted by atomic mass is 35.5. The van der Waals surface area contributed by atoms with E-state index < -0.39 is 11.9 Å². The van der Waals surface area contributed by atoms with Gasteiger partial charge in [0.2, 0.25) is 0 Å². The fourth-order valence-electron chi connectivity index (χ4n) is 1.01. The van der Waals surface area contributed by atoms with Crippen LogP contribution in [-0.2, 0) is 9.59 Å². The lowest BCUT2D eigenvalue weighted by Crippen LogP contribution is -2.22. The molecular weight excluding hydrogens is 258 g/mol. The van der Waals surface area contributed by atoms with Crippen molar-refractivity contribution in [2.75, 3.05) is 0 Å². The number of nitrogens with zero attached hydrogens (tertiary/aromatic N) is 1. The number of hydrogen-bond acceptors (Lipinski definition) is 3. The minimum atomic E-state index is -1.23. The van der Waals surface area contributed by atoms with Crippen LogP contribution in [0.25, 0.3) is 0 Å². The normalized spacial score (nSPS) is 11.5. The maximum atomic E-state index is 11.1. The molecule has 7 heteroatoms. The van der Waals surface area contributed by atoms with Crippen LogP contribution in [0, 0.1) is 0 Å². The summed E-state index contributed by atoms with van der Waals surface area (Å²) >= 11 is 5.76. The molecule has 0 atom stereocenters. The number of nitrogens with two attached hydrogens (primary N) is 1. The van der Waals surface area contributed by atoms with Gasteiger partial charge in [0.15, 0.2) is 5.84 Å². The molecule has 0 unspecified atom stereocenters. The third-order valence-corrected chi connectivity index (χ3v) is 2.02. The Morgan fingerprint density at radius 3 is 2.72 bits per heavy atom. The molecule has 1 aromatic rings. The highest BCUT2D eigenvalue weighted by Crippen LogP contribution is 2.09. The van der Waals surface area contributed by atoms with E-state index in [9.17, 15) is 9.59 Å². The molecule has 94 valence electrons. The van der Waals surface area contributed by atoms with Crippen molar-refractivity contribution in [2.45, 2.75) is 0 Å². The van der Waals surface area contributed by atoms with Crippen LogP contribution in [0.1, 0.15) is 5.56 Å². The van der Waals surface area contributed by atoms with E-state index in [1.54, 1.807) is 24.3 Å². The summed E-state index contributed by atoms with van der Waals surface area (Å²) in [6.45, 7) is 0. The lowest BCUT2D eigenvalue weighted by Gasteiger charge is -2.01. The van der Waals surface area contributed by atoms with Crippen LogP contribution in [0.3, 0.4) is 0 Å². The van der Waals surface area contributed by atoms with Gasteiger partial charge in [0.25, 0.3) is 5.91 Å². The average Bonchev–Trinajstić information content (AvgIpc) is 2.33. The van der Waals surface area contributed by atoms with Gasteiger partial charge in [-0.25, -0.2) is 10.2 Å². The Balaban J connectivity index is 2.68. The van der Waals surface area contributed by atoms with Gasteiger partial charge in [-0.1, -0.05) is 23.7 Å². The molecule has 0 aliphatic heterocycles. The van der Waals surface area contributed by atoms with E-state index in [2.05, 4.69) is 10.5 Å². The number of amidine groups is 1. The smallest absolute Gasteiger partial charge is 0.328 e. The van der Waals surface area contributed by atoms with Crippen molar-refractivity contribution in [3.8, 4) is 0 Å². The van der Waals surface area contributed by atoms with Crippen molar-refractivity contribution in [1.29, 1.82) is 0 Å². The third kappa shape index (κ3) is 4.67. The number of hydrazone groups is 1. The Labute approximate surface area is 108 Å². The highest BCUT2D eigenvalue weighted by molar-refractivity contribution is 6.31. The molecule has 0 saturated heterocycles. The zero-order valence-corrected chi connectivity index (χ0v) is 9.89. The molecule has 1 amide bonds. The van der Waals surface area contributed by atoms with Crippen LogP contribution in [-0.4, -0.2) is 22.8 Å². The second-order valence-electron chi connectivity index (χ2n) is 3.16. The molecule has 0 aliphatic carbocycles. The molecule has 0 saturated carbocycles. The van der Waals surface area contributed by atoms with Crippen LogP contribution >= 0.6 is 11.6 Å². The predicted molar refractivity (Wildman–Crippen MR) is 67.1 cm³/mol. The molecule has 1 aromatic carbocycles. The van der Waals surface area contributed by atoms with Crippen molar-refractivity contribution in [3.63, 3.8) is 0 Å². The van der Waals surface area contributed by atoms with Gasteiger partial charge < -0.3 is 10.8 Å². The van der Waals surface area contributed by atoms with Crippen molar-refractivity contribution in [3.05, 3.63) is 47.0 Å². The number of carbonyl (C=O) groups excluding carboxylic acids is 1. The molecule has 0 aliphatic rings. The van der Waals surface area contributed by atoms with Gasteiger partial charge in [0.1, 0.15) is 0 Å². The number of hydrogen-bond donors (Lipinski definition) is 3. The Morgan fingerprint density at radius 2 is 2.11 bits per heavy atom. The second kappa shape index (κ2) is 6.41. The maximum absolute atomic E-state index is 11.1. The van der Waals surface area contributed by atoms with Crippen LogP contribution < -0.4 is 11.2 Å². The molecule has 0 fully saturated rings. The minimum Gasteiger partial charge on any atom is -0.478 e. The standard InChI is InChI=1S/C11H10ClN3O3/c12-8-3-1-2-7(6-8)11(13)15-14-9(16)4-5-10(17)18/h1-6H,(H2,13,15)(H,14,16)(H,17,18). The summed E-state index contributed by atoms with van der Waals surface area (Å²) in [5, 5.41) is 12.4. The lowest BCUT2D eigenvalue weighted by atomic mass is 10.2. The quantitative estimate of drug-likeness (QED) is 0.323. The Kier molecular flexibility index (Phi) is 4.89. The molecule has 0 aromatic heterocycles. The Bertz CT molecular complexity index is 526. The summed E-state index contributed by atoms with van der Waals surface area (Å²) in [6.07, 6.45) is 1.53. The molecule has 0 bridgehead atoms. The summed E-state index contributed by atoms with van der Waals surface area (Å²) in [5.74, 6) is -1.85. The SMILES string of the molecule is NC(=NNC(=O)C=CC(=O)O)c1cccc(Cl)c1. The largest absolute Gasteiger partial charge is 0.478 e. The highest BCUT2D eigenvalue weighted by Gasteiger charge is 2.00. The number of carbonyl (C=O) groups is 2. The van der Waals surface area contributed by atoms with Crippen LogP contribution in [0.5, 0.6) is 0 Å². The van der Waals surface area contributed by atoms with Gasteiger partial charge in [-0.3, -0.25) is 4.79 Å². The molecule has 1 rings (SSSR count). The molecule has 4 N–H and O–H groups in total. The van der Waals surface area contributed by atoms with Crippen molar-refractivity contribution < 1.29 is 14.7 Å².